The van der Waals surface area contributed by atoms with Crippen molar-refractivity contribution in [1.82, 2.24) is 4.57 Å². The smallest absolute Gasteiger partial charge is 0.0535 e. The highest BCUT2D eigenvalue weighted by Crippen LogP contribution is 2.37. The molecule has 37 heavy (non-hydrogen) atoms. The normalized spacial score (nSPS) is 11.2. The van der Waals surface area contributed by atoms with E-state index < -0.39 is 0 Å². The number of nitrogens with zero attached hydrogens (tertiary/aromatic N) is 1. The van der Waals surface area contributed by atoms with Gasteiger partial charge in [-0.15, -0.1) is 0 Å². The van der Waals surface area contributed by atoms with Crippen LogP contribution in [0, 0.1) is 0 Å². The number of hydrogen-bond donors (Lipinski definition) is 0. The van der Waals surface area contributed by atoms with E-state index in [2.05, 4.69) is 156 Å². The summed E-state index contributed by atoms with van der Waals surface area (Å²) in [6.07, 6.45) is 0. The Hall–Kier alpha value is -4.88. The minimum atomic E-state index is 1.16. The van der Waals surface area contributed by atoms with Gasteiger partial charge in [-0.1, -0.05) is 121 Å². The van der Waals surface area contributed by atoms with Gasteiger partial charge in [-0.2, -0.15) is 0 Å². The summed E-state index contributed by atoms with van der Waals surface area (Å²) in [5.41, 5.74) is 8.42. The average molecular weight is 472 g/mol. The molecule has 0 aliphatic heterocycles. The average Bonchev–Trinajstić information content (AvgIpc) is 3.43. The Labute approximate surface area is 216 Å². The Balaban J connectivity index is 1.37. The molecule has 1 heterocycles. The molecule has 0 aliphatic carbocycles. The monoisotopic (exact) mass is 471 g/mol. The molecule has 0 unspecified atom stereocenters. The van der Waals surface area contributed by atoms with Crippen molar-refractivity contribution >= 4 is 21.5 Å². The van der Waals surface area contributed by atoms with Gasteiger partial charge in [0.2, 0.25) is 0 Å². The molecule has 0 fully saturated rings. The summed E-state index contributed by atoms with van der Waals surface area (Å²) < 4.78 is 2.36. The quantitative estimate of drug-likeness (QED) is 0.225. The minimum absolute atomic E-state index is 1.16. The van der Waals surface area contributed by atoms with Gasteiger partial charge in [0.05, 0.1) is 11.4 Å². The molecule has 0 saturated heterocycles. The van der Waals surface area contributed by atoms with Gasteiger partial charge < -0.3 is 4.57 Å². The van der Waals surface area contributed by atoms with Gasteiger partial charge in [0, 0.05) is 5.69 Å². The van der Waals surface area contributed by atoms with Crippen LogP contribution in [0.2, 0.25) is 0 Å². The van der Waals surface area contributed by atoms with E-state index in [1.165, 1.54) is 55.2 Å². The van der Waals surface area contributed by atoms with Crippen molar-refractivity contribution in [3.05, 3.63) is 152 Å². The van der Waals surface area contributed by atoms with Crippen LogP contribution in [0.1, 0.15) is 0 Å². The molecule has 1 nitrogen and oxygen atoms in total. The van der Waals surface area contributed by atoms with Crippen LogP contribution in [0.15, 0.2) is 152 Å². The highest BCUT2D eigenvalue weighted by molar-refractivity contribution is 6.13. The van der Waals surface area contributed by atoms with E-state index in [4.69, 9.17) is 0 Å². The van der Waals surface area contributed by atoms with Crippen LogP contribution in [0.4, 0.5) is 0 Å². The SMILES string of the molecule is c1ccc(-c2ccc(-c3ccc(-c4cc5ccccc5c5ccccc45)cc3)n2-c2ccccc2)cc1. The molecule has 0 atom stereocenters. The standard InChI is InChI=1S/C36H25N/c1-3-11-27(12-4-1)35-23-24-36(37(35)30-14-5-2-6-15-30)28-21-19-26(20-22-28)34-25-29-13-7-8-16-31(29)32-17-9-10-18-33(32)34/h1-25H. The molecule has 1 aromatic heterocycles. The Morgan fingerprint density at radius 1 is 0.351 bits per heavy atom. The van der Waals surface area contributed by atoms with Crippen molar-refractivity contribution in [1.29, 1.82) is 0 Å². The summed E-state index contributed by atoms with van der Waals surface area (Å²) >= 11 is 0. The second kappa shape index (κ2) is 8.96. The Morgan fingerprint density at radius 3 is 1.57 bits per heavy atom. The molecule has 6 aromatic carbocycles. The highest BCUT2D eigenvalue weighted by Gasteiger charge is 2.14. The lowest BCUT2D eigenvalue weighted by atomic mass is 9.93. The molecule has 1 heteroatoms. The zero-order valence-electron chi connectivity index (χ0n) is 20.4. The second-order valence-electron chi connectivity index (χ2n) is 9.41. The summed E-state index contributed by atoms with van der Waals surface area (Å²) in [6, 6.07) is 54.4. The van der Waals surface area contributed by atoms with Crippen LogP contribution in [0.5, 0.6) is 0 Å². The Kier molecular flexibility index (Phi) is 5.19. The fraction of sp³-hybridized carbons (Fsp3) is 0. The molecule has 0 spiro atoms. The molecule has 0 N–H and O–H groups in total. The van der Waals surface area contributed by atoms with Crippen LogP contribution < -0.4 is 0 Å². The largest absolute Gasteiger partial charge is 0.309 e. The maximum absolute atomic E-state index is 2.36. The van der Waals surface area contributed by atoms with E-state index in [0.717, 1.165) is 5.69 Å². The van der Waals surface area contributed by atoms with Gasteiger partial charge >= 0.3 is 0 Å². The fourth-order valence-corrected chi connectivity index (χ4v) is 5.47. The number of para-hydroxylation sites is 1. The van der Waals surface area contributed by atoms with Crippen molar-refractivity contribution in [2.45, 2.75) is 0 Å². The molecule has 0 bridgehead atoms. The number of hydrogen-bond acceptors (Lipinski definition) is 0. The Bertz CT molecular complexity index is 1840. The van der Waals surface area contributed by atoms with Crippen molar-refractivity contribution in [3.63, 3.8) is 0 Å². The molecule has 0 saturated carbocycles. The molecular weight excluding hydrogens is 446 g/mol. The predicted octanol–water partition coefficient (Wildman–Crippen LogP) is 9.78. The van der Waals surface area contributed by atoms with Crippen LogP contribution in [0.25, 0.3) is 60.9 Å². The van der Waals surface area contributed by atoms with Crippen molar-refractivity contribution in [3.8, 4) is 39.3 Å². The summed E-state index contributed by atoms with van der Waals surface area (Å²) in [6.45, 7) is 0. The van der Waals surface area contributed by atoms with Crippen LogP contribution >= 0.6 is 0 Å². The first kappa shape index (κ1) is 21.4. The van der Waals surface area contributed by atoms with Crippen molar-refractivity contribution in [2.24, 2.45) is 0 Å². The third-order valence-electron chi connectivity index (χ3n) is 7.22. The lowest BCUT2D eigenvalue weighted by Gasteiger charge is -2.15. The maximum atomic E-state index is 2.36. The molecule has 7 rings (SSSR count). The van der Waals surface area contributed by atoms with Gasteiger partial charge in [-0.3, -0.25) is 0 Å². The first-order valence-corrected chi connectivity index (χ1v) is 12.7. The molecule has 7 aromatic rings. The van der Waals surface area contributed by atoms with Crippen molar-refractivity contribution < 1.29 is 0 Å². The van der Waals surface area contributed by atoms with Crippen LogP contribution in [-0.4, -0.2) is 4.57 Å². The van der Waals surface area contributed by atoms with E-state index in [-0.39, 0.29) is 0 Å². The number of rotatable bonds is 4. The lowest BCUT2D eigenvalue weighted by molar-refractivity contribution is 1.09. The number of fused-ring (bicyclic) bond motifs is 3. The van der Waals surface area contributed by atoms with Crippen LogP contribution in [-0.2, 0) is 0 Å². The molecule has 0 amide bonds. The third-order valence-corrected chi connectivity index (χ3v) is 7.22. The van der Waals surface area contributed by atoms with E-state index in [1.807, 2.05) is 0 Å². The summed E-state index contributed by atoms with van der Waals surface area (Å²) in [7, 11) is 0. The summed E-state index contributed by atoms with van der Waals surface area (Å²) in [5.74, 6) is 0. The summed E-state index contributed by atoms with van der Waals surface area (Å²) in [4.78, 5) is 0. The summed E-state index contributed by atoms with van der Waals surface area (Å²) in [5, 5.41) is 5.15. The zero-order valence-corrected chi connectivity index (χ0v) is 20.4. The van der Waals surface area contributed by atoms with Gasteiger partial charge in [0.25, 0.3) is 0 Å². The second-order valence-corrected chi connectivity index (χ2v) is 9.41. The van der Waals surface area contributed by atoms with Gasteiger partial charge in [-0.05, 0) is 74.1 Å². The van der Waals surface area contributed by atoms with Crippen molar-refractivity contribution in [2.75, 3.05) is 0 Å². The Morgan fingerprint density at radius 2 is 0.865 bits per heavy atom. The van der Waals surface area contributed by atoms with E-state index in [0.29, 0.717) is 0 Å². The van der Waals surface area contributed by atoms with E-state index >= 15 is 0 Å². The molecular formula is C36H25N. The topological polar surface area (TPSA) is 4.93 Å². The number of aromatic nitrogens is 1. The maximum Gasteiger partial charge on any atom is 0.0535 e. The molecule has 0 aliphatic rings. The predicted molar refractivity (Wildman–Crippen MR) is 157 cm³/mol. The lowest BCUT2D eigenvalue weighted by Crippen LogP contribution is -1.99. The third kappa shape index (κ3) is 3.73. The fourth-order valence-electron chi connectivity index (χ4n) is 5.47. The highest BCUT2D eigenvalue weighted by atomic mass is 15.0. The first-order valence-electron chi connectivity index (χ1n) is 12.7. The number of benzene rings is 6. The molecule has 0 radical (unpaired) electrons. The van der Waals surface area contributed by atoms with E-state index in [1.54, 1.807) is 0 Å². The molecule has 174 valence electrons. The van der Waals surface area contributed by atoms with Crippen LogP contribution in [0.3, 0.4) is 0 Å². The van der Waals surface area contributed by atoms with Gasteiger partial charge in [-0.25, -0.2) is 0 Å². The van der Waals surface area contributed by atoms with Gasteiger partial charge in [0.1, 0.15) is 0 Å². The van der Waals surface area contributed by atoms with E-state index in [9.17, 15) is 0 Å². The minimum Gasteiger partial charge on any atom is -0.309 e. The van der Waals surface area contributed by atoms with Gasteiger partial charge in [0.15, 0.2) is 0 Å². The zero-order chi connectivity index (χ0) is 24.6. The first-order chi connectivity index (χ1) is 18.4.